The molecule has 2 rings (SSSR count). The molecule has 1 heterocycles. The molecular formula is C14H10Cl3NOS. The van der Waals surface area contributed by atoms with Crippen LogP contribution in [-0.4, -0.2) is 6.54 Å². The first kappa shape index (κ1) is 15.5. The topological polar surface area (TPSA) is 35.2 Å². The van der Waals surface area contributed by atoms with Crippen LogP contribution in [0, 0.1) is 11.8 Å². The number of thiophene rings is 1. The van der Waals surface area contributed by atoms with Crippen LogP contribution in [0.25, 0.3) is 0 Å². The van der Waals surface area contributed by atoms with Crippen molar-refractivity contribution in [2.75, 3.05) is 6.54 Å². The fraction of sp³-hybridized carbons (Fsp3) is 0.143. The van der Waals surface area contributed by atoms with Crippen molar-refractivity contribution < 1.29 is 4.74 Å². The zero-order valence-electron chi connectivity index (χ0n) is 10.3. The number of hydrogen-bond donors (Lipinski definition) is 1. The van der Waals surface area contributed by atoms with Gasteiger partial charge in [0.25, 0.3) is 0 Å². The van der Waals surface area contributed by atoms with E-state index in [1.165, 1.54) is 0 Å². The summed E-state index contributed by atoms with van der Waals surface area (Å²) < 4.78 is 5.64. The maximum atomic E-state index is 6.04. The van der Waals surface area contributed by atoms with Crippen LogP contribution in [0.2, 0.25) is 15.1 Å². The fourth-order valence-electron chi connectivity index (χ4n) is 1.44. The lowest BCUT2D eigenvalue weighted by Gasteiger charge is -2.08. The second-order valence-corrected chi connectivity index (χ2v) is 6.01. The third kappa shape index (κ3) is 4.05. The molecule has 104 valence electrons. The molecule has 0 aliphatic heterocycles. The van der Waals surface area contributed by atoms with E-state index < -0.39 is 0 Å². The Balaban J connectivity index is 2.05. The minimum absolute atomic E-state index is 0.348. The van der Waals surface area contributed by atoms with Crippen LogP contribution in [0.3, 0.4) is 0 Å². The molecule has 0 saturated heterocycles. The molecule has 0 spiro atoms. The standard InChI is InChI=1S/C14H10Cl3NOS/c15-11-5-13(17)14(6-12(11)16)19-7-10-4-9(8-20-10)2-1-3-18/h4-6,8H,3,7,18H2. The first-order valence-corrected chi connectivity index (χ1v) is 7.65. The van der Waals surface area contributed by atoms with Crippen molar-refractivity contribution in [1.29, 1.82) is 0 Å². The summed E-state index contributed by atoms with van der Waals surface area (Å²) >= 11 is 19.4. The molecule has 2 N–H and O–H groups in total. The predicted molar refractivity (Wildman–Crippen MR) is 86.1 cm³/mol. The first-order chi connectivity index (χ1) is 9.60. The summed E-state index contributed by atoms with van der Waals surface area (Å²) in [4.78, 5) is 1.04. The molecule has 0 atom stereocenters. The highest BCUT2D eigenvalue weighted by molar-refractivity contribution is 7.10. The van der Waals surface area contributed by atoms with Gasteiger partial charge in [0.05, 0.1) is 21.6 Å². The molecule has 2 nitrogen and oxygen atoms in total. The molecule has 0 fully saturated rings. The van der Waals surface area contributed by atoms with Gasteiger partial charge in [0.2, 0.25) is 0 Å². The maximum Gasteiger partial charge on any atom is 0.140 e. The Morgan fingerprint density at radius 1 is 1.10 bits per heavy atom. The van der Waals surface area contributed by atoms with Crippen LogP contribution in [0.1, 0.15) is 10.4 Å². The van der Waals surface area contributed by atoms with Crippen LogP contribution < -0.4 is 10.5 Å². The van der Waals surface area contributed by atoms with Crippen molar-refractivity contribution in [3.8, 4) is 17.6 Å². The van der Waals surface area contributed by atoms with Gasteiger partial charge in [0.1, 0.15) is 12.4 Å². The van der Waals surface area contributed by atoms with Crippen molar-refractivity contribution in [3.05, 3.63) is 49.1 Å². The SMILES string of the molecule is NCC#Cc1csc(COc2cc(Cl)c(Cl)cc2Cl)c1. The summed E-state index contributed by atoms with van der Waals surface area (Å²) in [5.74, 6) is 6.27. The molecule has 1 aromatic carbocycles. The van der Waals surface area contributed by atoms with Gasteiger partial charge in [-0.05, 0) is 12.1 Å². The summed E-state index contributed by atoms with van der Waals surface area (Å²) in [7, 11) is 0. The van der Waals surface area contributed by atoms with Gasteiger partial charge in [0.15, 0.2) is 0 Å². The van der Waals surface area contributed by atoms with Crippen molar-refractivity contribution in [2.24, 2.45) is 5.73 Å². The molecule has 20 heavy (non-hydrogen) atoms. The van der Waals surface area contributed by atoms with Crippen molar-refractivity contribution in [3.63, 3.8) is 0 Å². The molecule has 6 heteroatoms. The van der Waals surface area contributed by atoms with E-state index in [0.717, 1.165) is 10.4 Å². The summed E-state index contributed by atoms with van der Waals surface area (Å²) in [5.41, 5.74) is 6.26. The number of ether oxygens (including phenoxy) is 1. The van der Waals surface area contributed by atoms with Crippen LogP contribution in [0.4, 0.5) is 0 Å². The van der Waals surface area contributed by atoms with Crippen molar-refractivity contribution in [1.82, 2.24) is 0 Å². The van der Waals surface area contributed by atoms with Gasteiger partial charge < -0.3 is 10.5 Å². The quantitative estimate of drug-likeness (QED) is 0.651. The zero-order valence-corrected chi connectivity index (χ0v) is 13.3. The molecule has 0 radical (unpaired) electrons. The third-order valence-electron chi connectivity index (χ3n) is 2.33. The molecule has 0 unspecified atom stereocenters. The number of hydrogen-bond acceptors (Lipinski definition) is 3. The molecule has 0 amide bonds. The lowest BCUT2D eigenvalue weighted by Crippen LogP contribution is -1.94. The van der Waals surface area contributed by atoms with E-state index in [4.69, 9.17) is 45.3 Å². The van der Waals surface area contributed by atoms with Gasteiger partial charge >= 0.3 is 0 Å². The summed E-state index contributed by atoms with van der Waals surface area (Å²) in [6.45, 7) is 0.743. The lowest BCUT2D eigenvalue weighted by atomic mass is 10.3. The largest absolute Gasteiger partial charge is 0.486 e. The van der Waals surface area contributed by atoms with E-state index in [-0.39, 0.29) is 0 Å². The number of nitrogens with two attached hydrogens (primary N) is 1. The van der Waals surface area contributed by atoms with Gasteiger partial charge in [-0.25, -0.2) is 0 Å². The molecule has 2 aromatic rings. The normalized spacial score (nSPS) is 10.0. The zero-order chi connectivity index (χ0) is 14.5. The average Bonchev–Trinajstić information content (AvgIpc) is 2.87. The van der Waals surface area contributed by atoms with E-state index in [2.05, 4.69) is 11.8 Å². The van der Waals surface area contributed by atoms with Gasteiger partial charge in [0, 0.05) is 21.9 Å². The second-order valence-electron chi connectivity index (χ2n) is 3.79. The molecular weight excluding hydrogens is 337 g/mol. The van der Waals surface area contributed by atoms with Crippen LogP contribution in [0.5, 0.6) is 5.75 Å². The number of halogens is 3. The average molecular weight is 347 g/mol. The van der Waals surface area contributed by atoms with Crippen molar-refractivity contribution in [2.45, 2.75) is 6.61 Å². The van der Waals surface area contributed by atoms with Gasteiger partial charge in [-0.15, -0.1) is 11.3 Å². The highest BCUT2D eigenvalue weighted by Crippen LogP contribution is 2.34. The van der Waals surface area contributed by atoms with Crippen molar-refractivity contribution >= 4 is 46.1 Å². The Morgan fingerprint density at radius 3 is 2.60 bits per heavy atom. The fourth-order valence-corrected chi connectivity index (χ4v) is 2.76. The first-order valence-electron chi connectivity index (χ1n) is 5.64. The Hall–Kier alpha value is -0.890. The van der Waals surface area contributed by atoms with E-state index in [0.29, 0.717) is 34.0 Å². The summed E-state index contributed by atoms with van der Waals surface area (Å²) in [6.07, 6.45) is 0. The van der Waals surface area contributed by atoms with Gasteiger partial charge in [-0.3, -0.25) is 0 Å². The smallest absolute Gasteiger partial charge is 0.140 e. The Labute approximate surface area is 136 Å². The Kier molecular flexibility index (Phi) is 5.59. The second kappa shape index (κ2) is 7.21. The van der Waals surface area contributed by atoms with Crippen LogP contribution >= 0.6 is 46.1 Å². The highest BCUT2D eigenvalue weighted by Gasteiger charge is 2.08. The summed E-state index contributed by atoms with van der Waals surface area (Å²) in [5, 5.41) is 3.20. The lowest BCUT2D eigenvalue weighted by molar-refractivity contribution is 0.310. The number of rotatable bonds is 3. The van der Waals surface area contributed by atoms with E-state index in [1.54, 1.807) is 23.5 Å². The van der Waals surface area contributed by atoms with E-state index in [9.17, 15) is 0 Å². The predicted octanol–water partition coefficient (Wildman–Crippen LogP) is 4.60. The monoisotopic (exact) mass is 345 g/mol. The van der Waals surface area contributed by atoms with Gasteiger partial charge in [-0.2, -0.15) is 0 Å². The minimum atomic E-state index is 0.348. The molecule has 0 aliphatic carbocycles. The Morgan fingerprint density at radius 2 is 1.85 bits per heavy atom. The molecule has 0 bridgehead atoms. The molecule has 0 aliphatic rings. The van der Waals surface area contributed by atoms with Crippen LogP contribution in [0.15, 0.2) is 23.6 Å². The van der Waals surface area contributed by atoms with Gasteiger partial charge in [-0.1, -0.05) is 46.6 Å². The maximum absolute atomic E-state index is 6.04. The van der Waals surface area contributed by atoms with Crippen LogP contribution in [-0.2, 0) is 6.61 Å². The molecule has 0 saturated carbocycles. The number of benzene rings is 1. The van der Waals surface area contributed by atoms with E-state index in [1.807, 2.05) is 11.4 Å². The third-order valence-corrected chi connectivity index (χ3v) is 4.26. The molecule has 1 aromatic heterocycles. The van der Waals surface area contributed by atoms with E-state index >= 15 is 0 Å². The highest BCUT2D eigenvalue weighted by atomic mass is 35.5. The Bertz CT molecular complexity index is 673. The minimum Gasteiger partial charge on any atom is -0.486 e. The summed E-state index contributed by atoms with van der Waals surface area (Å²) in [6, 6.07) is 5.13.